The second-order valence-electron chi connectivity index (χ2n) is 4.79. The highest BCUT2D eigenvalue weighted by molar-refractivity contribution is 6.60. The van der Waals surface area contributed by atoms with Crippen LogP contribution in [0.4, 0.5) is 0 Å². The zero-order valence-electron chi connectivity index (χ0n) is 12.3. The molecule has 0 atom stereocenters. The Kier molecular flexibility index (Phi) is 8.14. The molecule has 0 aliphatic heterocycles. The predicted octanol–water partition coefficient (Wildman–Crippen LogP) is 3.96. The molecule has 1 aliphatic rings. The Morgan fingerprint density at radius 1 is 0.833 bits per heavy atom. The highest BCUT2D eigenvalue weighted by atomic mass is 28.4. The maximum atomic E-state index is 5.88. The van der Waals surface area contributed by atoms with Gasteiger partial charge < -0.3 is 13.3 Å². The molecular weight excluding hydrogens is 244 g/mol. The van der Waals surface area contributed by atoms with E-state index < -0.39 is 8.80 Å². The molecule has 1 radical (unpaired) electrons. The quantitative estimate of drug-likeness (QED) is 0.595. The second kappa shape index (κ2) is 9.07. The zero-order valence-corrected chi connectivity index (χ0v) is 13.3. The molecule has 1 aliphatic carbocycles. The first-order valence-electron chi connectivity index (χ1n) is 7.51. The van der Waals surface area contributed by atoms with Crippen LogP contribution in [0, 0.1) is 5.92 Å². The Hall–Kier alpha value is 0.0969. The number of hydrogen-bond acceptors (Lipinski definition) is 3. The molecule has 0 bridgehead atoms. The van der Waals surface area contributed by atoms with Gasteiger partial charge in [0.05, 0.1) is 0 Å². The fourth-order valence-electron chi connectivity index (χ4n) is 2.63. The van der Waals surface area contributed by atoms with E-state index in [0.717, 1.165) is 12.5 Å². The van der Waals surface area contributed by atoms with Crippen molar-refractivity contribution in [1.82, 2.24) is 0 Å². The number of rotatable bonds is 9. The summed E-state index contributed by atoms with van der Waals surface area (Å²) in [5.41, 5.74) is 0. The molecule has 18 heavy (non-hydrogen) atoms. The summed E-state index contributed by atoms with van der Waals surface area (Å²) in [6.45, 7) is 8.11. The van der Waals surface area contributed by atoms with Gasteiger partial charge in [0.2, 0.25) is 0 Å². The fourth-order valence-corrected chi connectivity index (χ4v) is 5.30. The van der Waals surface area contributed by atoms with E-state index >= 15 is 0 Å². The average molecular weight is 273 g/mol. The van der Waals surface area contributed by atoms with E-state index in [1.807, 2.05) is 20.8 Å². The van der Waals surface area contributed by atoms with Crippen LogP contribution in [0.2, 0.25) is 6.04 Å². The Labute approximate surface area is 114 Å². The zero-order chi connectivity index (χ0) is 13.3. The van der Waals surface area contributed by atoms with Crippen molar-refractivity contribution in [1.29, 1.82) is 0 Å². The SMILES string of the molecule is CCO[Si](CC[C]1CCCCC1)(OCC)OCC. The van der Waals surface area contributed by atoms with E-state index in [9.17, 15) is 0 Å². The normalized spacial score (nSPS) is 18.2. The summed E-state index contributed by atoms with van der Waals surface area (Å²) in [4.78, 5) is 0. The highest BCUT2D eigenvalue weighted by Gasteiger charge is 2.40. The minimum absolute atomic E-state index is 0.682. The predicted molar refractivity (Wildman–Crippen MR) is 76.4 cm³/mol. The molecule has 0 heterocycles. The first kappa shape index (κ1) is 16.2. The second-order valence-corrected chi connectivity index (χ2v) is 7.52. The lowest BCUT2D eigenvalue weighted by Crippen LogP contribution is -2.46. The van der Waals surface area contributed by atoms with Crippen molar-refractivity contribution in [3.63, 3.8) is 0 Å². The average Bonchev–Trinajstić information content (AvgIpc) is 2.39. The van der Waals surface area contributed by atoms with Crippen LogP contribution in [0.5, 0.6) is 0 Å². The minimum atomic E-state index is -2.40. The lowest BCUT2D eigenvalue weighted by molar-refractivity contribution is 0.0708. The maximum absolute atomic E-state index is 5.88. The Balaban J connectivity index is 2.46. The van der Waals surface area contributed by atoms with Crippen molar-refractivity contribution in [2.75, 3.05) is 19.8 Å². The van der Waals surface area contributed by atoms with E-state index in [1.54, 1.807) is 5.92 Å². The van der Waals surface area contributed by atoms with Gasteiger partial charge in [0.25, 0.3) is 0 Å². The molecule has 0 saturated heterocycles. The fraction of sp³-hybridized carbons (Fsp3) is 0.929. The van der Waals surface area contributed by atoms with Gasteiger partial charge in [-0.15, -0.1) is 0 Å². The molecular formula is C14H29O3Si. The van der Waals surface area contributed by atoms with Crippen LogP contribution in [-0.2, 0) is 13.3 Å². The van der Waals surface area contributed by atoms with Crippen LogP contribution in [-0.4, -0.2) is 28.6 Å². The first-order chi connectivity index (χ1) is 8.76. The molecule has 0 aromatic heterocycles. The van der Waals surface area contributed by atoms with Crippen molar-refractivity contribution >= 4 is 8.80 Å². The number of hydrogen-bond donors (Lipinski definition) is 0. The first-order valence-corrected chi connectivity index (χ1v) is 9.45. The maximum Gasteiger partial charge on any atom is 0.500 e. The van der Waals surface area contributed by atoms with E-state index in [4.69, 9.17) is 13.3 Å². The van der Waals surface area contributed by atoms with E-state index in [-0.39, 0.29) is 0 Å². The smallest absolute Gasteiger partial charge is 0.374 e. The molecule has 1 rings (SSSR count). The lowest BCUT2D eigenvalue weighted by atomic mass is 9.88. The van der Waals surface area contributed by atoms with Gasteiger partial charge in [0.15, 0.2) is 0 Å². The molecule has 0 amide bonds. The van der Waals surface area contributed by atoms with Crippen LogP contribution in [0.1, 0.15) is 59.3 Å². The Morgan fingerprint density at radius 2 is 1.33 bits per heavy atom. The van der Waals surface area contributed by atoms with Crippen molar-refractivity contribution in [3.8, 4) is 0 Å². The van der Waals surface area contributed by atoms with Crippen molar-refractivity contribution in [2.45, 2.75) is 65.3 Å². The summed E-state index contributed by atoms with van der Waals surface area (Å²) in [6, 6.07) is 0.956. The van der Waals surface area contributed by atoms with Gasteiger partial charge >= 0.3 is 8.80 Å². The summed E-state index contributed by atoms with van der Waals surface area (Å²) in [5.74, 6) is 1.69. The summed E-state index contributed by atoms with van der Waals surface area (Å²) in [7, 11) is -2.40. The highest BCUT2D eigenvalue weighted by Crippen LogP contribution is 2.32. The van der Waals surface area contributed by atoms with E-state index in [1.165, 1.54) is 32.1 Å². The van der Waals surface area contributed by atoms with Crippen LogP contribution < -0.4 is 0 Å². The molecule has 3 nitrogen and oxygen atoms in total. The molecule has 0 aromatic rings. The summed E-state index contributed by atoms with van der Waals surface area (Å²) >= 11 is 0. The van der Waals surface area contributed by atoms with Crippen LogP contribution >= 0.6 is 0 Å². The van der Waals surface area contributed by atoms with Gasteiger partial charge in [-0.2, -0.15) is 0 Å². The van der Waals surface area contributed by atoms with Crippen LogP contribution in [0.3, 0.4) is 0 Å². The summed E-state index contributed by atoms with van der Waals surface area (Å²) in [6.07, 6.45) is 7.86. The topological polar surface area (TPSA) is 27.7 Å². The Bertz CT molecular complexity index is 188. The largest absolute Gasteiger partial charge is 0.500 e. The van der Waals surface area contributed by atoms with Gasteiger partial charge in [-0.1, -0.05) is 19.3 Å². The molecule has 0 N–H and O–H groups in total. The van der Waals surface area contributed by atoms with Crippen molar-refractivity contribution < 1.29 is 13.3 Å². The van der Waals surface area contributed by atoms with Gasteiger partial charge in [-0.25, -0.2) is 0 Å². The molecule has 107 valence electrons. The van der Waals surface area contributed by atoms with Gasteiger partial charge in [-0.3, -0.25) is 0 Å². The molecule has 0 aromatic carbocycles. The lowest BCUT2D eigenvalue weighted by Gasteiger charge is -2.30. The standard InChI is InChI=1S/C14H29O3Si/c1-4-15-18(16-5-2,17-6-3)13-12-14-10-8-7-9-11-14/h4-13H2,1-3H3. The third kappa shape index (κ3) is 5.39. The van der Waals surface area contributed by atoms with Crippen molar-refractivity contribution in [3.05, 3.63) is 5.92 Å². The van der Waals surface area contributed by atoms with Gasteiger partial charge in [0.1, 0.15) is 0 Å². The molecule has 1 saturated carbocycles. The molecule has 0 spiro atoms. The molecule has 4 heteroatoms. The van der Waals surface area contributed by atoms with Crippen LogP contribution in [0.25, 0.3) is 0 Å². The van der Waals surface area contributed by atoms with Crippen LogP contribution in [0.15, 0.2) is 0 Å². The van der Waals surface area contributed by atoms with E-state index in [0.29, 0.717) is 19.8 Å². The molecule has 1 fully saturated rings. The minimum Gasteiger partial charge on any atom is -0.374 e. The Morgan fingerprint density at radius 3 is 1.78 bits per heavy atom. The van der Waals surface area contributed by atoms with E-state index in [2.05, 4.69) is 0 Å². The van der Waals surface area contributed by atoms with Gasteiger partial charge in [0, 0.05) is 25.9 Å². The monoisotopic (exact) mass is 273 g/mol. The molecule has 0 unspecified atom stereocenters. The summed E-state index contributed by atoms with van der Waals surface area (Å²) < 4.78 is 17.6. The summed E-state index contributed by atoms with van der Waals surface area (Å²) in [5, 5.41) is 0. The van der Waals surface area contributed by atoms with Crippen molar-refractivity contribution in [2.24, 2.45) is 0 Å². The third-order valence-corrected chi connectivity index (χ3v) is 6.49. The third-order valence-electron chi connectivity index (χ3n) is 3.44. The van der Waals surface area contributed by atoms with Gasteiger partial charge in [-0.05, 0) is 46.0 Å².